The van der Waals surface area contributed by atoms with E-state index in [1.54, 1.807) is 11.8 Å². The van der Waals surface area contributed by atoms with E-state index < -0.39 is 0 Å². The van der Waals surface area contributed by atoms with Gasteiger partial charge in [0.2, 0.25) is 0 Å². The third-order valence-electron chi connectivity index (χ3n) is 2.51. The highest BCUT2D eigenvalue weighted by atomic mass is 32.2. The average molecular weight is 243 g/mol. The zero-order valence-electron chi connectivity index (χ0n) is 9.44. The Morgan fingerprint density at radius 2 is 2.31 bits per heavy atom. The van der Waals surface area contributed by atoms with E-state index in [1.165, 1.54) is 0 Å². The van der Waals surface area contributed by atoms with Gasteiger partial charge in [0.1, 0.15) is 6.61 Å². The zero-order valence-corrected chi connectivity index (χ0v) is 10.3. The summed E-state index contributed by atoms with van der Waals surface area (Å²) in [6.07, 6.45) is 4.47. The van der Waals surface area contributed by atoms with Crippen molar-refractivity contribution in [1.29, 1.82) is 0 Å². The minimum atomic E-state index is 0.331. The third kappa shape index (κ3) is 3.47. The Morgan fingerprint density at radius 3 is 3.06 bits per heavy atom. The van der Waals surface area contributed by atoms with Crippen LogP contribution in [-0.2, 0) is 17.1 Å². The number of nitrogens with one attached hydrogen (secondary N) is 1. The normalized spacial score (nSPS) is 17.8. The minimum Gasteiger partial charge on any atom is -0.368 e. The van der Waals surface area contributed by atoms with Gasteiger partial charge in [0.15, 0.2) is 5.82 Å². The molecule has 0 aliphatic carbocycles. The van der Waals surface area contributed by atoms with Crippen molar-refractivity contribution in [3.63, 3.8) is 0 Å². The summed E-state index contributed by atoms with van der Waals surface area (Å²) in [6, 6.07) is 0. The molecule has 0 spiro atoms. The number of thioether (sulfide) groups is 1. The van der Waals surface area contributed by atoms with Crippen LogP contribution in [0.15, 0.2) is 4.52 Å². The van der Waals surface area contributed by atoms with Crippen molar-refractivity contribution in [2.45, 2.75) is 31.3 Å². The van der Waals surface area contributed by atoms with E-state index in [4.69, 9.17) is 9.26 Å². The highest BCUT2D eigenvalue weighted by Crippen LogP contribution is 2.11. The van der Waals surface area contributed by atoms with E-state index in [-0.39, 0.29) is 0 Å². The summed E-state index contributed by atoms with van der Waals surface area (Å²) in [4.78, 5) is 4.25. The molecule has 0 atom stereocenters. The minimum absolute atomic E-state index is 0.331. The van der Waals surface area contributed by atoms with E-state index in [9.17, 15) is 0 Å². The Hall–Kier alpha value is -0.590. The lowest BCUT2D eigenvalue weighted by Crippen LogP contribution is -2.32. The average Bonchev–Trinajstić information content (AvgIpc) is 2.76. The van der Waals surface area contributed by atoms with Crippen molar-refractivity contribution in [1.82, 2.24) is 15.5 Å². The molecule has 0 radical (unpaired) electrons. The molecule has 1 saturated heterocycles. The second kappa shape index (κ2) is 6.22. The molecule has 1 fully saturated rings. The van der Waals surface area contributed by atoms with Gasteiger partial charge in [-0.3, -0.25) is 0 Å². The van der Waals surface area contributed by atoms with Gasteiger partial charge in [0.05, 0.1) is 11.9 Å². The summed E-state index contributed by atoms with van der Waals surface area (Å²) in [5, 5.41) is 7.17. The van der Waals surface area contributed by atoms with Gasteiger partial charge in [-0.05, 0) is 32.2 Å². The number of hydrogen-bond donors (Lipinski definition) is 1. The number of piperidine rings is 1. The lowest BCUT2D eigenvalue weighted by Gasteiger charge is -2.21. The molecule has 6 heteroatoms. The molecule has 0 saturated carbocycles. The maximum Gasteiger partial charge on any atom is 0.252 e. The standard InChI is InChI=1S/C10H17N3O2S/c1-16-7-9-12-10(15-13-9)6-14-8-2-4-11-5-3-8/h8,11H,2-7H2,1H3. The molecule has 1 aliphatic rings. The van der Waals surface area contributed by atoms with Crippen molar-refractivity contribution in [3.05, 3.63) is 11.7 Å². The molecule has 2 heterocycles. The number of rotatable bonds is 5. The number of nitrogens with zero attached hydrogens (tertiary/aromatic N) is 2. The molecule has 90 valence electrons. The van der Waals surface area contributed by atoms with Gasteiger partial charge in [-0.1, -0.05) is 5.16 Å². The molecule has 1 N–H and O–H groups in total. The van der Waals surface area contributed by atoms with Crippen molar-refractivity contribution in [3.8, 4) is 0 Å². The highest BCUT2D eigenvalue weighted by Gasteiger charge is 2.15. The molecule has 16 heavy (non-hydrogen) atoms. The molecule has 0 amide bonds. The number of ether oxygens (including phenoxy) is 1. The first-order chi connectivity index (χ1) is 7.88. The van der Waals surface area contributed by atoms with E-state index in [0.29, 0.717) is 18.6 Å². The maximum atomic E-state index is 5.72. The fourth-order valence-electron chi connectivity index (χ4n) is 1.69. The van der Waals surface area contributed by atoms with Crippen molar-refractivity contribution in [2.24, 2.45) is 0 Å². The molecule has 0 aromatic carbocycles. The molecular weight excluding hydrogens is 226 g/mol. The number of aromatic nitrogens is 2. The van der Waals surface area contributed by atoms with Gasteiger partial charge in [-0.2, -0.15) is 16.7 Å². The van der Waals surface area contributed by atoms with Crippen LogP contribution in [0.5, 0.6) is 0 Å². The summed E-state index contributed by atoms with van der Waals surface area (Å²) in [5.74, 6) is 2.12. The van der Waals surface area contributed by atoms with Crippen LogP contribution in [0.3, 0.4) is 0 Å². The van der Waals surface area contributed by atoms with E-state index >= 15 is 0 Å². The predicted molar refractivity (Wildman–Crippen MR) is 62.2 cm³/mol. The zero-order chi connectivity index (χ0) is 11.2. The molecule has 2 rings (SSSR count). The summed E-state index contributed by atoms with van der Waals surface area (Å²) in [5.41, 5.74) is 0. The fraction of sp³-hybridized carbons (Fsp3) is 0.800. The van der Waals surface area contributed by atoms with Gasteiger partial charge in [-0.15, -0.1) is 0 Å². The molecule has 5 nitrogen and oxygen atoms in total. The van der Waals surface area contributed by atoms with Gasteiger partial charge >= 0.3 is 0 Å². The van der Waals surface area contributed by atoms with Crippen LogP contribution in [0.25, 0.3) is 0 Å². The van der Waals surface area contributed by atoms with Gasteiger partial charge in [-0.25, -0.2) is 0 Å². The first-order valence-corrected chi connectivity index (χ1v) is 6.90. The number of hydrogen-bond acceptors (Lipinski definition) is 6. The SMILES string of the molecule is CSCc1noc(COC2CCNCC2)n1. The van der Waals surface area contributed by atoms with Crippen LogP contribution in [0.2, 0.25) is 0 Å². The predicted octanol–water partition coefficient (Wildman–Crippen LogP) is 1.20. The molecule has 1 aliphatic heterocycles. The van der Waals surface area contributed by atoms with Gasteiger partial charge < -0.3 is 14.6 Å². The first-order valence-electron chi connectivity index (χ1n) is 5.51. The van der Waals surface area contributed by atoms with Crippen LogP contribution in [0.4, 0.5) is 0 Å². The molecule has 0 unspecified atom stereocenters. The van der Waals surface area contributed by atoms with Crippen LogP contribution >= 0.6 is 11.8 Å². The Kier molecular flexibility index (Phi) is 4.62. The van der Waals surface area contributed by atoms with Crippen molar-refractivity contribution in [2.75, 3.05) is 19.3 Å². The first kappa shape index (κ1) is 11.9. The third-order valence-corrected chi connectivity index (χ3v) is 3.06. The summed E-state index contributed by atoms with van der Waals surface area (Å²) in [6.45, 7) is 2.50. The van der Waals surface area contributed by atoms with E-state index in [1.807, 2.05) is 6.26 Å². The van der Waals surface area contributed by atoms with Crippen molar-refractivity contribution >= 4 is 11.8 Å². The summed E-state index contributed by atoms with van der Waals surface area (Å²) in [7, 11) is 0. The Labute approximate surface area is 99.3 Å². The second-order valence-electron chi connectivity index (χ2n) is 3.80. The fourth-order valence-corrected chi connectivity index (χ4v) is 2.06. The quantitative estimate of drug-likeness (QED) is 0.838. The second-order valence-corrected chi connectivity index (χ2v) is 4.66. The molecular formula is C10H17N3O2S. The Bertz CT molecular complexity index is 313. The topological polar surface area (TPSA) is 60.2 Å². The Balaban J connectivity index is 1.75. The van der Waals surface area contributed by atoms with Crippen LogP contribution in [0.1, 0.15) is 24.6 Å². The largest absolute Gasteiger partial charge is 0.368 e. The Morgan fingerprint density at radius 1 is 1.50 bits per heavy atom. The lowest BCUT2D eigenvalue weighted by molar-refractivity contribution is 0.00859. The summed E-state index contributed by atoms with van der Waals surface area (Å²) >= 11 is 1.68. The smallest absolute Gasteiger partial charge is 0.252 e. The lowest BCUT2D eigenvalue weighted by atomic mass is 10.1. The monoisotopic (exact) mass is 243 g/mol. The maximum absolute atomic E-state index is 5.72. The summed E-state index contributed by atoms with van der Waals surface area (Å²) < 4.78 is 10.8. The highest BCUT2D eigenvalue weighted by molar-refractivity contribution is 7.97. The van der Waals surface area contributed by atoms with Crippen molar-refractivity contribution < 1.29 is 9.26 Å². The molecule has 1 aromatic heterocycles. The van der Waals surface area contributed by atoms with Crippen LogP contribution in [-0.4, -0.2) is 35.6 Å². The van der Waals surface area contributed by atoms with E-state index in [0.717, 1.165) is 37.5 Å². The van der Waals surface area contributed by atoms with Crippen LogP contribution in [0, 0.1) is 0 Å². The molecule has 1 aromatic rings. The van der Waals surface area contributed by atoms with E-state index in [2.05, 4.69) is 15.5 Å². The van der Waals surface area contributed by atoms with Gasteiger partial charge in [0.25, 0.3) is 5.89 Å². The van der Waals surface area contributed by atoms with Crippen LogP contribution < -0.4 is 5.32 Å². The van der Waals surface area contributed by atoms with Gasteiger partial charge in [0, 0.05) is 0 Å². The molecule has 0 bridgehead atoms.